The van der Waals surface area contributed by atoms with Crippen LogP contribution in [0.5, 0.6) is 0 Å². The highest BCUT2D eigenvalue weighted by atomic mass is 32.2. The predicted molar refractivity (Wildman–Crippen MR) is 97.7 cm³/mol. The summed E-state index contributed by atoms with van der Waals surface area (Å²) < 4.78 is 23.3. The number of hydrogen-bond donors (Lipinski definition) is 2. The van der Waals surface area contributed by atoms with E-state index < -0.39 is 16.5 Å². The largest absolute Gasteiger partial charge is 0.374 e. The number of amidine groups is 1. The van der Waals surface area contributed by atoms with Gasteiger partial charge < -0.3 is 10.0 Å². The van der Waals surface area contributed by atoms with E-state index in [-0.39, 0.29) is 18.0 Å². The van der Waals surface area contributed by atoms with Crippen LogP contribution in [-0.2, 0) is 10.9 Å². The van der Waals surface area contributed by atoms with E-state index in [2.05, 4.69) is 9.98 Å². The number of fused-ring (bicyclic) bond motifs is 2. The number of pyridine rings is 1. The Labute approximate surface area is 151 Å². The maximum Gasteiger partial charge on any atom is 0.224 e. The topological polar surface area (TPSA) is 103 Å². The molecule has 2 aromatic rings. The normalized spacial score (nSPS) is 21.4. The summed E-state index contributed by atoms with van der Waals surface area (Å²) in [4.78, 5) is 23.0. The van der Waals surface area contributed by atoms with Crippen molar-refractivity contribution in [1.29, 1.82) is 0 Å². The van der Waals surface area contributed by atoms with Gasteiger partial charge in [-0.3, -0.25) is 14.1 Å². The van der Waals surface area contributed by atoms with E-state index in [1.807, 2.05) is 0 Å². The summed E-state index contributed by atoms with van der Waals surface area (Å²) in [5.41, 5.74) is 0.393. The Morgan fingerprint density at radius 3 is 2.65 bits per heavy atom. The van der Waals surface area contributed by atoms with Crippen LogP contribution in [0.2, 0.25) is 0 Å². The fraction of sp³-hybridized carbons (Fsp3) is 0.235. The number of nitrogens with zero attached hydrogens (tertiary/aromatic N) is 4. The molecule has 1 fully saturated rings. The molecule has 2 aliphatic rings. The molecule has 1 saturated heterocycles. The van der Waals surface area contributed by atoms with E-state index in [4.69, 9.17) is 0 Å². The van der Waals surface area contributed by atoms with Crippen LogP contribution in [0.4, 0.5) is 17.1 Å². The van der Waals surface area contributed by atoms with Gasteiger partial charge in [-0.05, 0) is 30.3 Å². The standard InChI is InChI=1S/C17H16N4O4S/c1-20(26(24)25)11-2-4-12(5-3-11)21-9-7-17(23)15(22)13-6-8-18-10-14(13)19-16(17)21/h2-6,8,10,23,26H,7,9H2,1H3. The Hall–Kier alpha value is -2.78. The lowest BCUT2D eigenvalue weighted by Gasteiger charge is -2.29. The van der Waals surface area contributed by atoms with Crippen molar-refractivity contribution in [2.75, 3.05) is 22.8 Å². The Bertz CT molecular complexity index is 994. The zero-order chi connectivity index (χ0) is 18.5. The van der Waals surface area contributed by atoms with Crippen molar-refractivity contribution in [1.82, 2.24) is 4.98 Å². The minimum atomic E-state index is -2.71. The van der Waals surface area contributed by atoms with Crippen LogP contribution < -0.4 is 9.21 Å². The van der Waals surface area contributed by atoms with Gasteiger partial charge in [-0.1, -0.05) is 0 Å². The number of thiol groups is 1. The molecule has 1 aromatic heterocycles. The number of aromatic nitrogens is 1. The average Bonchev–Trinajstić information content (AvgIpc) is 2.99. The van der Waals surface area contributed by atoms with Crippen LogP contribution in [0.1, 0.15) is 16.8 Å². The van der Waals surface area contributed by atoms with Crippen molar-refractivity contribution in [3.05, 3.63) is 48.3 Å². The van der Waals surface area contributed by atoms with E-state index in [1.54, 1.807) is 35.2 Å². The Morgan fingerprint density at radius 1 is 1.23 bits per heavy atom. The molecule has 1 unspecified atom stereocenters. The fourth-order valence-corrected chi connectivity index (χ4v) is 3.60. The molecule has 0 bridgehead atoms. The molecule has 9 heteroatoms. The maximum atomic E-state index is 12.8. The monoisotopic (exact) mass is 372 g/mol. The van der Waals surface area contributed by atoms with Crippen LogP contribution in [-0.4, -0.2) is 49.3 Å². The third kappa shape index (κ3) is 2.39. The number of anilines is 2. The maximum absolute atomic E-state index is 12.8. The van der Waals surface area contributed by atoms with Crippen LogP contribution in [0, 0.1) is 0 Å². The molecular weight excluding hydrogens is 356 g/mol. The number of Topliss-reactive ketones (excluding diaryl/α,β-unsaturated/α-hetero) is 1. The van der Waals surface area contributed by atoms with Gasteiger partial charge in [0.2, 0.25) is 16.7 Å². The summed E-state index contributed by atoms with van der Waals surface area (Å²) in [7, 11) is -1.25. The lowest BCUT2D eigenvalue weighted by molar-refractivity contribution is 0.0602. The lowest BCUT2D eigenvalue weighted by Crippen LogP contribution is -2.48. The lowest BCUT2D eigenvalue weighted by atomic mass is 9.88. The van der Waals surface area contributed by atoms with Crippen LogP contribution in [0.3, 0.4) is 0 Å². The summed E-state index contributed by atoms with van der Waals surface area (Å²) in [6.45, 7) is 0.424. The van der Waals surface area contributed by atoms with Gasteiger partial charge in [-0.2, -0.15) is 0 Å². The predicted octanol–water partition coefficient (Wildman–Crippen LogP) is 0.912. The van der Waals surface area contributed by atoms with Gasteiger partial charge >= 0.3 is 0 Å². The van der Waals surface area contributed by atoms with Gasteiger partial charge in [0.25, 0.3) is 0 Å². The van der Waals surface area contributed by atoms with Crippen LogP contribution >= 0.6 is 0 Å². The summed E-state index contributed by atoms with van der Waals surface area (Å²) in [6, 6.07) is 8.37. The SMILES string of the molecule is CN(c1ccc(N2CCC3(O)C(=O)c4ccncc4N=C23)cc1)[SH](=O)=O. The fourth-order valence-electron chi connectivity index (χ4n) is 3.28. The summed E-state index contributed by atoms with van der Waals surface area (Å²) in [5, 5.41) is 10.9. The molecule has 0 aliphatic carbocycles. The second-order valence-electron chi connectivity index (χ2n) is 6.20. The first-order valence-corrected chi connectivity index (χ1v) is 9.11. The molecule has 0 spiro atoms. The van der Waals surface area contributed by atoms with Gasteiger partial charge in [0, 0.05) is 31.9 Å². The zero-order valence-corrected chi connectivity index (χ0v) is 14.8. The Balaban J connectivity index is 1.74. The van der Waals surface area contributed by atoms with Crippen molar-refractivity contribution in [3.63, 3.8) is 0 Å². The highest BCUT2D eigenvalue weighted by Gasteiger charge is 2.52. The molecule has 3 heterocycles. The van der Waals surface area contributed by atoms with Crippen LogP contribution in [0.25, 0.3) is 0 Å². The molecule has 8 nitrogen and oxygen atoms in total. The van der Waals surface area contributed by atoms with Gasteiger partial charge in [0.15, 0.2) is 5.60 Å². The highest BCUT2D eigenvalue weighted by Crippen LogP contribution is 2.39. The van der Waals surface area contributed by atoms with E-state index in [1.165, 1.54) is 19.4 Å². The minimum absolute atomic E-state index is 0.237. The molecule has 134 valence electrons. The van der Waals surface area contributed by atoms with E-state index in [0.29, 0.717) is 23.5 Å². The van der Waals surface area contributed by atoms with Gasteiger partial charge in [-0.25, -0.2) is 13.4 Å². The third-order valence-corrected chi connectivity index (χ3v) is 5.47. The third-order valence-electron chi connectivity index (χ3n) is 4.75. The molecule has 0 saturated carbocycles. The van der Waals surface area contributed by atoms with E-state index in [0.717, 1.165) is 9.99 Å². The smallest absolute Gasteiger partial charge is 0.224 e. The first-order chi connectivity index (χ1) is 12.4. The second kappa shape index (κ2) is 5.89. The molecule has 2 aliphatic heterocycles. The number of aliphatic hydroxyl groups is 1. The van der Waals surface area contributed by atoms with Crippen molar-refractivity contribution < 1.29 is 18.3 Å². The van der Waals surface area contributed by atoms with Crippen LogP contribution in [0.15, 0.2) is 47.7 Å². The Kier molecular flexibility index (Phi) is 3.78. The number of hydrogen-bond acceptors (Lipinski definition) is 7. The van der Waals surface area contributed by atoms with E-state index >= 15 is 0 Å². The number of rotatable bonds is 3. The summed E-state index contributed by atoms with van der Waals surface area (Å²) in [6.07, 6.45) is 3.24. The molecule has 0 amide bonds. The van der Waals surface area contributed by atoms with Crippen molar-refractivity contribution >= 4 is 39.6 Å². The average molecular weight is 372 g/mol. The minimum Gasteiger partial charge on any atom is -0.374 e. The number of benzene rings is 1. The molecular formula is C17H16N4O4S. The quantitative estimate of drug-likeness (QED) is 0.777. The Morgan fingerprint density at radius 2 is 1.96 bits per heavy atom. The van der Waals surface area contributed by atoms with Gasteiger partial charge in [0.1, 0.15) is 5.84 Å². The molecule has 26 heavy (non-hydrogen) atoms. The number of ketones is 1. The summed E-state index contributed by atoms with van der Waals surface area (Å²) in [5.74, 6) is -0.0962. The summed E-state index contributed by atoms with van der Waals surface area (Å²) >= 11 is 0. The van der Waals surface area contributed by atoms with Crippen molar-refractivity contribution in [3.8, 4) is 0 Å². The van der Waals surface area contributed by atoms with Gasteiger partial charge in [-0.15, -0.1) is 0 Å². The first-order valence-electron chi connectivity index (χ1n) is 7.98. The van der Waals surface area contributed by atoms with Crippen molar-refractivity contribution in [2.24, 2.45) is 4.99 Å². The molecule has 1 aromatic carbocycles. The number of carbonyl (C=O) groups excluding carboxylic acids is 1. The second-order valence-corrected chi connectivity index (χ2v) is 7.27. The molecule has 4 rings (SSSR count). The van der Waals surface area contributed by atoms with Crippen molar-refractivity contribution in [2.45, 2.75) is 12.0 Å². The first kappa shape index (κ1) is 16.7. The highest BCUT2D eigenvalue weighted by molar-refractivity contribution is 7.74. The molecule has 0 radical (unpaired) electrons. The van der Waals surface area contributed by atoms with Gasteiger partial charge in [0.05, 0.1) is 23.1 Å². The van der Waals surface area contributed by atoms with E-state index in [9.17, 15) is 18.3 Å². The molecule has 1 N–H and O–H groups in total. The molecule has 1 atom stereocenters. The number of aliphatic imine (C=N–C) groups is 1. The zero-order valence-electron chi connectivity index (χ0n) is 13.9. The number of carbonyl (C=O) groups is 1.